The number of aliphatic hydroxyl groups excluding tert-OH is 2. The Balaban J connectivity index is 1.57. The fraction of sp³-hybridized carbons (Fsp3) is 0.643. The van der Waals surface area contributed by atoms with Gasteiger partial charge in [0.1, 0.15) is 30.5 Å². The second-order valence-corrected chi connectivity index (χ2v) is 8.62. The summed E-state index contributed by atoms with van der Waals surface area (Å²) in [5.74, 6) is 0.641. The normalized spacial score (nSPS) is 28.1. The average molecular weight is 436 g/mol. The van der Waals surface area contributed by atoms with Crippen molar-refractivity contribution in [1.82, 2.24) is 19.7 Å². The molecule has 2 aliphatic rings. The van der Waals surface area contributed by atoms with Crippen molar-refractivity contribution >= 4 is 36.0 Å². The van der Waals surface area contributed by atoms with Crippen LogP contribution in [0.5, 0.6) is 0 Å². The van der Waals surface area contributed by atoms with Crippen molar-refractivity contribution in [1.29, 1.82) is 0 Å². The van der Waals surface area contributed by atoms with Crippen LogP contribution >= 0.6 is 19.2 Å². The quantitative estimate of drug-likeness (QED) is 0.340. The lowest BCUT2D eigenvalue weighted by molar-refractivity contribution is -0.0658. The highest BCUT2D eigenvalue weighted by molar-refractivity contribution is 7.51. The van der Waals surface area contributed by atoms with E-state index in [1.54, 1.807) is 6.20 Å². The maximum Gasteiger partial charge on any atom is 0.350 e. The summed E-state index contributed by atoms with van der Waals surface area (Å²) < 4.78 is 22.7. The molecule has 0 radical (unpaired) electrons. The second-order valence-electron chi connectivity index (χ2n) is 6.69. The van der Waals surface area contributed by atoms with Gasteiger partial charge in [-0.15, -0.1) is 0 Å². The van der Waals surface area contributed by atoms with Crippen LogP contribution in [0.4, 0.5) is 5.82 Å². The lowest BCUT2D eigenvalue weighted by Gasteiger charge is -2.32. The van der Waals surface area contributed by atoms with Gasteiger partial charge < -0.3 is 34.4 Å². The highest BCUT2D eigenvalue weighted by Crippen LogP contribution is 2.36. The minimum Gasteiger partial charge on any atom is -0.387 e. The van der Waals surface area contributed by atoms with Crippen LogP contribution in [0.2, 0.25) is 5.28 Å². The largest absolute Gasteiger partial charge is 0.387 e. The maximum atomic E-state index is 10.9. The van der Waals surface area contributed by atoms with Crippen molar-refractivity contribution in [2.75, 3.05) is 30.9 Å². The molecule has 4 rings (SSSR count). The van der Waals surface area contributed by atoms with Crippen molar-refractivity contribution in [3.63, 3.8) is 0 Å². The Labute approximate surface area is 163 Å². The summed E-state index contributed by atoms with van der Waals surface area (Å²) in [4.78, 5) is 28.1. The fourth-order valence-electron chi connectivity index (χ4n) is 3.20. The number of aromatic nitrogens is 4. The zero-order chi connectivity index (χ0) is 20.1. The molecule has 0 aromatic carbocycles. The number of hydrogen-bond donors (Lipinski definition) is 4. The molecule has 2 aromatic heterocycles. The molecular weight excluding hydrogens is 417 g/mol. The van der Waals surface area contributed by atoms with Gasteiger partial charge in [0.25, 0.3) is 0 Å². The maximum absolute atomic E-state index is 10.9. The summed E-state index contributed by atoms with van der Waals surface area (Å²) in [7, 11) is -4.35. The van der Waals surface area contributed by atoms with Crippen LogP contribution in [-0.2, 0) is 14.0 Å². The Morgan fingerprint density at radius 1 is 1.29 bits per heavy atom. The molecule has 4 N–H and O–H groups in total. The van der Waals surface area contributed by atoms with Crippen molar-refractivity contribution < 1.29 is 34.0 Å². The van der Waals surface area contributed by atoms with E-state index in [-0.39, 0.29) is 11.9 Å². The Hall–Kier alpha value is -1.37. The Kier molecular flexibility index (Phi) is 5.31. The van der Waals surface area contributed by atoms with E-state index in [4.69, 9.17) is 30.9 Å². The molecule has 14 heteroatoms. The van der Waals surface area contributed by atoms with Crippen LogP contribution in [-0.4, -0.2) is 84.1 Å². The van der Waals surface area contributed by atoms with Gasteiger partial charge in [-0.25, -0.2) is 4.68 Å². The van der Waals surface area contributed by atoms with Crippen molar-refractivity contribution in [2.24, 2.45) is 0 Å². The third-order valence-electron chi connectivity index (χ3n) is 4.68. The monoisotopic (exact) mass is 435 g/mol. The predicted octanol–water partition coefficient (Wildman–Crippen LogP) is -0.539. The molecule has 28 heavy (non-hydrogen) atoms. The molecule has 4 heterocycles. The van der Waals surface area contributed by atoms with Crippen LogP contribution < -0.4 is 4.90 Å². The van der Waals surface area contributed by atoms with Crippen LogP contribution in [0.3, 0.4) is 0 Å². The molecule has 2 aromatic rings. The summed E-state index contributed by atoms with van der Waals surface area (Å²) in [6.07, 6.45) is -3.00. The Morgan fingerprint density at radius 2 is 2.04 bits per heavy atom. The van der Waals surface area contributed by atoms with E-state index in [1.165, 1.54) is 4.68 Å². The number of ether oxygens (including phenoxy) is 2. The van der Waals surface area contributed by atoms with E-state index in [2.05, 4.69) is 15.1 Å². The molecule has 0 unspecified atom stereocenters. The van der Waals surface area contributed by atoms with Gasteiger partial charge in [0.05, 0.1) is 18.2 Å². The SMILES string of the molecule is O=P(O)(O)COC[C@H]1O[C@@H](n2ncc3c(N4CCC4)nc(Cl)nc32)[C@H](O)[C@@H]1O. The molecular formula is C14H19ClN5O7P. The van der Waals surface area contributed by atoms with Crippen LogP contribution in [0, 0.1) is 0 Å². The molecule has 0 spiro atoms. The van der Waals surface area contributed by atoms with E-state index < -0.39 is 38.5 Å². The fourth-order valence-corrected chi connectivity index (χ4v) is 3.70. The van der Waals surface area contributed by atoms with Crippen LogP contribution in [0.15, 0.2) is 6.20 Å². The van der Waals surface area contributed by atoms with Gasteiger partial charge >= 0.3 is 7.60 Å². The first-order valence-corrected chi connectivity index (χ1v) is 10.7. The molecule has 2 aliphatic heterocycles. The Morgan fingerprint density at radius 3 is 2.68 bits per heavy atom. The predicted molar refractivity (Wildman–Crippen MR) is 95.9 cm³/mol. The van der Waals surface area contributed by atoms with Gasteiger partial charge in [-0.3, -0.25) is 4.57 Å². The summed E-state index contributed by atoms with van der Waals surface area (Å²) in [6, 6.07) is 0. The first-order valence-electron chi connectivity index (χ1n) is 8.54. The standard InChI is InChI=1S/C14H19ClN5O7P/c15-14-17-11(19-2-1-3-19)7-4-16-20(12(7)18-14)13-10(22)9(21)8(27-13)5-26-6-28(23,24)25/h4,8-10,13,21-22H,1-3,5-6H2,(H2,23,24,25)/t8-,9-,10-,13-/m1/s1. The molecule has 0 amide bonds. The molecule has 0 saturated carbocycles. The summed E-state index contributed by atoms with van der Waals surface area (Å²) >= 11 is 6.05. The zero-order valence-electron chi connectivity index (χ0n) is 14.5. The highest BCUT2D eigenvalue weighted by Gasteiger charge is 2.45. The molecule has 154 valence electrons. The van der Waals surface area contributed by atoms with Gasteiger partial charge in [-0.2, -0.15) is 15.1 Å². The zero-order valence-corrected chi connectivity index (χ0v) is 16.1. The summed E-state index contributed by atoms with van der Waals surface area (Å²) in [5, 5.41) is 25.5. The van der Waals surface area contributed by atoms with Gasteiger partial charge in [0.2, 0.25) is 5.28 Å². The smallest absolute Gasteiger partial charge is 0.350 e. The van der Waals surface area contributed by atoms with E-state index in [0.717, 1.165) is 19.5 Å². The first kappa shape index (κ1) is 19.9. The number of halogens is 1. The van der Waals surface area contributed by atoms with Crippen molar-refractivity contribution in [3.05, 3.63) is 11.5 Å². The second kappa shape index (κ2) is 7.47. The third-order valence-corrected chi connectivity index (χ3v) is 5.37. The number of nitrogens with zero attached hydrogens (tertiary/aromatic N) is 5. The van der Waals surface area contributed by atoms with E-state index in [0.29, 0.717) is 16.9 Å². The third kappa shape index (κ3) is 3.74. The average Bonchev–Trinajstić information content (AvgIpc) is 3.08. The molecule has 0 bridgehead atoms. The number of anilines is 1. The summed E-state index contributed by atoms with van der Waals surface area (Å²) in [6.45, 7) is 1.37. The molecule has 12 nitrogen and oxygen atoms in total. The lowest BCUT2D eigenvalue weighted by Crippen LogP contribution is -2.37. The van der Waals surface area contributed by atoms with Crippen molar-refractivity contribution in [2.45, 2.75) is 31.0 Å². The topological polar surface area (TPSA) is 163 Å². The summed E-state index contributed by atoms with van der Waals surface area (Å²) in [5.41, 5.74) is 0.343. The van der Waals surface area contributed by atoms with E-state index in [9.17, 15) is 14.8 Å². The van der Waals surface area contributed by atoms with Gasteiger partial charge in [0.15, 0.2) is 11.9 Å². The molecule has 2 saturated heterocycles. The minimum atomic E-state index is -4.35. The Bertz CT molecular complexity index is 919. The van der Waals surface area contributed by atoms with Gasteiger partial charge in [0, 0.05) is 13.1 Å². The van der Waals surface area contributed by atoms with Crippen LogP contribution in [0.25, 0.3) is 11.0 Å². The molecule has 4 atom stereocenters. The molecule has 2 fully saturated rings. The highest BCUT2D eigenvalue weighted by atomic mass is 35.5. The lowest BCUT2D eigenvalue weighted by atomic mass is 10.1. The molecule has 0 aliphatic carbocycles. The van der Waals surface area contributed by atoms with E-state index in [1.807, 2.05) is 4.90 Å². The number of rotatable bonds is 6. The number of hydrogen-bond acceptors (Lipinski definition) is 9. The number of aliphatic hydroxyl groups is 2. The van der Waals surface area contributed by atoms with E-state index >= 15 is 0 Å². The van der Waals surface area contributed by atoms with Gasteiger partial charge in [-0.1, -0.05) is 0 Å². The van der Waals surface area contributed by atoms with Crippen LogP contribution in [0.1, 0.15) is 12.6 Å². The minimum absolute atomic E-state index is 0.0192. The van der Waals surface area contributed by atoms with Gasteiger partial charge in [-0.05, 0) is 18.0 Å². The number of fused-ring (bicyclic) bond motifs is 1. The first-order chi connectivity index (χ1) is 13.2. The van der Waals surface area contributed by atoms with Crippen molar-refractivity contribution in [3.8, 4) is 0 Å².